The molecular formula is C46H28O. The highest BCUT2D eigenvalue weighted by Gasteiger charge is 2.21. The lowest BCUT2D eigenvalue weighted by Crippen LogP contribution is -1.92. The molecule has 0 atom stereocenters. The zero-order chi connectivity index (χ0) is 30.9. The van der Waals surface area contributed by atoms with Gasteiger partial charge in [0.1, 0.15) is 11.2 Å². The van der Waals surface area contributed by atoms with Crippen LogP contribution in [0, 0.1) is 0 Å². The van der Waals surface area contributed by atoms with Gasteiger partial charge in [-0.25, -0.2) is 0 Å². The van der Waals surface area contributed by atoms with Gasteiger partial charge >= 0.3 is 0 Å². The van der Waals surface area contributed by atoms with Crippen molar-refractivity contribution in [3.63, 3.8) is 0 Å². The maximum absolute atomic E-state index is 6.35. The van der Waals surface area contributed by atoms with Crippen molar-refractivity contribution < 1.29 is 4.42 Å². The second-order valence-electron chi connectivity index (χ2n) is 12.4. The molecule has 47 heavy (non-hydrogen) atoms. The van der Waals surface area contributed by atoms with E-state index in [1.165, 1.54) is 76.5 Å². The molecule has 0 saturated carbocycles. The highest BCUT2D eigenvalue weighted by molar-refractivity contribution is 6.28. The van der Waals surface area contributed by atoms with E-state index in [9.17, 15) is 0 Å². The Bertz CT molecular complexity index is 2780. The summed E-state index contributed by atoms with van der Waals surface area (Å²) in [6.45, 7) is 0. The molecule has 10 aromatic rings. The largest absolute Gasteiger partial charge is 0.456 e. The minimum absolute atomic E-state index is 0.914. The lowest BCUT2D eigenvalue weighted by Gasteiger charge is -2.19. The molecular weight excluding hydrogens is 569 g/mol. The van der Waals surface area contributed by atoms with Crippen molar-refractivity contribution in [1.82, 2.24) is 0 Å². The van der Waals surface area contributed by atoms with Crippen molar-refractivity contribution >= 4 is 65.0 Å². The molecule has 1 nitrogen and oxygen atoms in total. The van der Waals surface area contributed by atoms with Crippen LogP contribution in [0.2, 0.25) is 0 Å². The fourth-order valence-electron chi connectivity index (χ4n) is 7.91. The fourth-order valence-corrected chi connectivity index (χ4v) is 7.91. The summed E-state index contributed by atoms with van der Waals surface area (Å²) in [6.07, 6.45) is 0. The second kappa shape index (κ2) is 10.2. The minimum Gasteiger partial charge on any atom is -0.456 e. The average Bonchev–Trinajstić information content (AvgIpc) is 3.53. The van der Waals surface area contributed by atoms with E-state index in [0.29, 0.717) is 0 Å². The van der Waals surface area contributed by atoms with E-state index in [2.05, 4.69) is 164 Å². The summed E-state index contributed by atoms with van der Waals surface area (Å²) in [6, 6.07) is 61.5. The third-order valence-corrected chi connectivity index (χ3v) is 9.88. The quantitative estimate of drug-likeness (QED) is 0.146. The average molecular weight is 597 g/mol. The van der Waals surface area contributed by atoms with Gasteiger partial charge in [-0.1, -0.05) is 158 Å². The first-order valence-corrected chi connectivity index (χ1v) is 16.2. The molecule has 1 aromatic heterocycles. The van der Waals surface area contributed by atoms with E-state index in [-0.39, 0.29) is 0 Å². The molecule has 0 aliphatic rings. The second-order valence-corrected chi connectivity index (χ2v) is 12.4. The van der Waals surface area contributed by atoms with E-state index >= 15 is 0 Å². The summed E-state index contributed by atoms with van der Waals surface area (Å²) in [5.74, 6) is 0. The first kappa shape index (κ1) is 26.1. The summed E-state index contributed by atoms with van der Waals surface area (Å²) in [5, 5.41) is 12.4. The number of fused-ring (bicyclic) bond motifs is 8. The molecule has 0 N–H and O–H groups in total. The summed E-state index contributed by atoms with van der Waals surface area (Å²) in [7, 11) is 0. The van der Waals surface area contributed by atoms with Crippen LogP contribution >= 0.6 is 0 Å². The predicted molar refractivity (Wildman–Crippen MR) is 200 cm³/mol. The molecule has 0 aliphatic carbocycles. The molecule has 0 unspecified atom stereocenters. The van der Waals surface area contributed by atoms with Crippen LogP contribution in [-0.2, 0) is 0 Å². The van der Waals surface area contributed by atoms with Crippen molar-refractivity contribution in [3.8, 4) is 33.4 Å². The zero-order valence-electron chi connectivity index (χ0n) is 25.6. The van der Waals surface area contributed by atoms with Crippen LogP contribution in [0.25, 0.3) is 98.4 Å². The SMILES string of the molecule is c1ccc(-c2cccc3c2ccc2c(-c4c5ccccc5c(-c5cccc6oc7ccccc7c56)c5ccccc45)cccc23)cc1. The van der Waals surface area contributed by atoms with E-state index in [1.54, 1.807) is 0 Å². The van der Waals surface area contributed by atoms with Crippen molar-refractivity contribution in [2.24, 2.45) is 0 Å². The standard InChI is InChI=1S/C46H28O/c1-2-13-29(14-3-1)30-20-10-21-31-32-22-11-23-35(34(32)28-27-33(30)31)44-36-15-4-6-17-38(36)45(39-18-7-5-16-37(39)44)41-24-12-26-43-46(41)40-19-8-9-25-42(40)47-43/h1-28H. The Morgan fingerprint density at radius 1 is 0.255 bits per heavy atom. The van der Waals surface area contributed by atoms with E-state index in [0.717, 1.165) is 21.9 Å². The van der Waals surface area contributed by atoms with Gasteiger partial charge in [0.2, 0.25) is 0 Å². The van der Waals surface area contributed by atoms with Crippen LogP contribution in [0.15, 0.2) is 174 Å². The van der Waals surface area contributed by atoms with E-state index < -0.39 is 0 Å². The Balaban J connectivity index is 1.31. The van der Waals surface area contributed by atoms with Crippen LogP contribution < -0.4 is 0 Å². The number of furan rings is 1. The number of hydrogen-bond acceptors (Lipinski definition) is 1. The van der Waals surface area contributed by atoms with Crippen LogP contribution in [0.1, 0.15) is 0 Å². The van der Waals surface area contributed by atoms with Crippen molar-refractivity contribution in [1.29, 1.82) is 0 Å². The van der Waals surface area contributed by atoms with Crippen molar-refractivity contribution in [3.05, 3.63) is 170 Å². The molecule has 1 heteroatoms. The topological polar surface area (TPSA) is 13.1 Å². The third kappa shape index (κ3) is 3.84. The van der Waals surface area contributed by atoms with Gasteiger partial charge in [-0.3, -0.25) is 0 Å². The molecule has 0 saturated heterocycles. The van der Waals surface area contributed by atoms with Gasteiger partial charge in [0.25, 0.3) is 0 Å². The highest BCUT2D eigenvalue weighted by Crippen LogP contribution is 2.48. The maximum Gasteiger partial charge on any atom is 0.136 e. The normalized spacial score (nSPS) is 11.8. The minimum atomic E-state index is 0.914. The number of hydrogen-bond donors (Lipinski definition) is 0. The lowest BCUT2D eigenvalue weighted by atomic mass is 9.83. The lowest BCUT2D eigenvalue weighted by molar-refractivity contribution is 0.669. The maximum atomic E-state index is 6.35. The predicted octanol–water partition coefficient (Wildman–Crippen LogP) is 13.2. The van der Waals surface area contributed by atoms with Gasteiger partial charge in [0.15, 0.2) is 0 Å². The van der Waals surface area contributed by atoms with Crippen LogP contribution in [0.5, 0.6) is 0 Å². The highest BCUT2D eigenvalue weighted by atomic mass is 16.3. The van der Waals surface area contributed by atoms with Crippen LogP contribution in [0.4, 0.5) is 0 Å². The molecule has 10 rings (SSSR count). The molecule has 0 aliphatic heterocycles. The van der Waals surface area contributed by atoms with Crippen molar-refractivity contribution in [2.75, 3.05) is 0 Å². The third-order valence-electron chi connectivity index (χ3n) is 9.88. The Labute approximate surface area is 271 Å². The molecule has 9 aromatic carbocycles. The number of benzene rings is 9. The van der Waals surface area contributed by atoms with Gasteiger partial charge in [0, 0.05) is 10.8 Å². The van der Waals surface area contributed by atoms with Gasteiger partial charge in [-0.15, -0.1) is 0 Å². The molecule has 0 amide bonds. The summed E-state index contributed by atoms with van der Waals surface area (Å²) >= 11 is 0. The fraction of sp³-hybridized carbons (Fsp3) is 0. The van der Waals surface area contributed by atoms with Gasteiger partial charge in [-0.2, -0.15) is 0 Å². The first-order chi connectivity index (χ1) is 23.3. The van der Waals surface area contributed by atoms with E-state index in [4.69, 9.17) is 4.42 Å². The van der Waals surface area contributed by atoms with Crippen LogP contribution in [-0.4, -0.2) is 0 Å². The number of para-hydroxylation sites is 1. The zero-order valence-corrected chi connectivity index (χ0v) is 25.6. The molecule has 0 bridgehead atoms. The van der Waals surface area contributed by atoms with Crippen LogP contribution in [0.3, 0.4) is 0 Å². The molecule has 0 radical (unpaired) electrons. The van der Waals surface area contributed by atoms with Crippen molar-refractivity contribution in [2.45, 2.75) is 0 Å². The van der Waals surface area contributed by atoms with Gasteiger partial charge in [-0.05, 0) is 88.6 Å². The Hall–Kier alpha value is -6.18. The Morgan fingerprint density at radius 2 is 0.702 bits per heavy atom. The summed E-state index contributed by atoms with van der Waals surface area (Å²) in [4.78, 5) is 0. The summed E-state index contributed by atoms with van der Waals surface area (Å²) < 4.78 is 6.35. The Kier molecular flexibility index (Phi) is 5.64. The Morgan fingerprint density at radius 3 is 1.36 bits per heavy atom. The smallest absolute Gasteiger partial charge is 0.136 e. The molecule has 218 valence electrons. The monoisotopic (exact) mass is 596 g/mol. The molecule has 0 spiro atoms. The summed E-state index contributed by atoms with van der Waals surface area (Å²) in [5.41, 5.74) is 9.29. The van der Waals surface area contributed by atoms with E-state index in [1.807, 2.05) is 6.07 Å². The van der Waals surface area contributed by atoms with Gasteiger partial charge < -0.3 is 4.42 Å². The molecule has 0 fully saturated rings. The first-order valence-electron chi connectivity index (χ1n) is 16.2. The molecule has 1 heterocycles. The number of rotatable bonds is 3. The van der Waals surface area contributed by atoms with Gasteiger partial charge in [0.05, 0.1) is 0 Å².